The molecule has 1 rings (SSSR count). The van der Waals surface area contributed by atoms with Gasteiger partial charge in [-0.05, 0) is 12.1 Å². The van der Waals surface area contributed by atoms with Crippen LogP contribution in [-0.2, 0) is 61.3 Å². The van der Waals surface area contributed by atoms with Crippen LogP contribution in [0.3, 0.4) is 0 Å². The van der Waals surface area contributed by atoms with Crippen molar-refractivity contribution < 1.29 is 65.0 Å². The van der Waals surface area contributed by atoms with Gasteiger partial charge >= 0.3 is 72.9 Å². The Morgan fingerprint density at radius 3 is 1.84 bits per heavy atom. The van der Waals surface area contributed by atoms with Crippen molar-refractivity contribution in [2.24, 2.45) is 0 Å². The van der Waals surface area contributed by atoms with Gasteiger partial charge in [0.15, 0.2) is 0 Å². The Hall–Kier alpha value is 0.288. The molecule has 32 heavy (non-hydrogen) atoms. The molecule has 0 saturated carbocycles. The van der Waals surface area contributed by atoms with Crippen LogP contribution in [-0.4, -0.2) is 96.5 Å². The third kappa shape index (κ3) is 17.7. The minimum atomic E-state index is -3.17. The van der Waals surface area contributed by atoms with E-state index in [0.29, 0.717) is 25.9 Å². The maximum atomic E-state index is 9.90. The molecule has 0 aromatic carbocycles. The minimum Gasteiger partial charge on any atom is -0.379 e. The SMILES string of the molecule is C=C[Si](OC)(OC)OC.CCCC[O][Ti](=[O])[OH].CO[Si](CCCOCC1CO1)(OC)OC. The molecule has 1 atom stereocenters. The van der Waals surface area contributed by atoms with Gasteiger partial charge in [0.05, 0.1) is 13.2 Å². The number of ether oxygens (including phenoxy) is 2. The minimum absolute atomic E-state index is 0.333. The number of hydrogen-bond acceptors (Lipinski definition) is 10. The molecule has 1 unspecified atom stereocenters. The van der Waals surface area contributed by atoms with Gasteiger partial charge in [0.2, 0.25) is 0 Å². The topological polar surface area (TPSA) is 124 Å². The molecular weight excluding hydrogens is 496 g/mol. The fourth-order valence-corrected chi connectivity index (χ4v) is 5.32. The van der Waals surface area contributed by atoms with Crippen molar-refractivity contribution in [1.29, 1.82) is 0 Å². The summed E-state index contributed by atoms with van der Waals surface area (Å²) in [7, 11) is 4.68. The molecule has 0 aliphatic carbocycles. The molecule has 1 heterocycles. The van der Waals surface area contributed by atoms with E-state index < -0.39 is 36.2 Å². The Labute approximate surface area is 202 Å². The molecule has 1 fully saturated rings. The molecule has 1 aliphatic heterocycles. The van der Waals surface area contributed by atoms with Crippen LogP contribution in [0, 0.1) is 0 Å². The standard InChI is InChI=1S/C9H20O5Si.C5H12O3Si.C4H9O.H2O.O.Ti/c1-10-15(11-2,12-3)6-4-5-13-7-9-8-14-9;1-5-9(6-2,7-3)8-4;1-2-3-4-5;;;/h9H,4-8H2,1-3H3;5H,1H2,2-4H3;2-4H2,1H3;1H2;;/q;;-1;;;+2/p-1. The van der Waals surface area contributed by atoms with Crippen LogP contribution in [0.2, 0.25) is 6.04 Å². The van der Waals surface area contributed by atoms with Gasteiger partial charge in [-0.2, -0.15) is 0 Å². The van der Waals surface area contributed by atoms with E-state index in [1.807, 2.05) is 6.92 Å². The Morgan fingerprint density at radius 2 is 1.53 bits per heavy atom. The number of hydrogen-bond donors (Lipinski definition) is 1. The molecule has 0 radical (unpaired) electrons. The molecule has 0 spiro atoms. The van der Waals surface area contributed by atoms with E-state index in [1.54, 1.807) is 48.4 Å². The molecule has 1 aliphatic rings. The second-order valence-electron chi connectivity index (χ2n) is 6.32. The zero-order chi connectivity index (χ0) is 24.9. The Kier molecular flexibility index (Phi) is 23.5. The van der Waals surface area contributed by atoms with Crippen molar-refractivity contribution >= 4 is 17.6 Å². The van der Waals surface area contributed by atoms with Crippen LogP contribution in [0.1, 0.15) is 26.2 Å². The maximum absolute atomic E-state index is 9.90. The van der Waals surface area contributed by atoms with Gasteiger partial charge in [-0.1, -0.05) is 6.58 Å². The summed E-state index contributed by atoms with van der Waals surface area (Å²) in [6.45, 7) is 8.21. The van der Waals surface area contributed by atoms with Crippen LogP contribution in [0.15, 0.2) is 12.3 Å². The molecule has 192 valence electrons. The summed E-state index contributed by atoms with van der Waals surface area (Å²) in [5.74, 6) is 0. The molecule has 0 amide bonds. The first-order valence-electron chi connectivity index (χ1n) is 10.3. The summed E-state index contributed by atoms with van der Waals surface area (Å²) in [6.07, 6.45) is 3.10. The second-order valence-corrected chi connectivity index (χ2v) is 13.5. The zero-order valence-corrected chi connectivity index (χ0v) is 24.1. The first-order chi connectivity index (χ1) is 15.3. The predicted molar refractivity (Wildman–Crippen MR) is 118 cm³/mol. The normalized spacial score (nSPS) is 15.2. The third-order valence-corrected chi connectivity index (χ3v) is 9.98. The van der Waals surface area contributed by atoms with Crippen molar-refractivity contribution in [3.05, 3.63) is 12.3 Å². The van der Waals surface area contributed by atoms with Gasteiger partial charge in [-0.3, -0.25) is 0 Å². The molecular formula is C18H42O11Si2Ti. The second kappa shape index (κ2) is 21.8. The van der Waals surface area contributed by atoms with Gasteiger partial charge < -0.3 is 36.0 Å². The molecule has 11 nitrogen and oxygen atoms in total. The largest absolute Gasteiger partial charge is 0.500 e. The van der Waals surface area contributed by atoms with Gasteiger partial charge in [0.25, 0.3) is 0 Å². The molecule has 14 heteroatoms. The molecule has 0 bridgehead atoms. The molecule has 0 aromatic rings. The van der Waals surface area contributed by atoms with E-state index in [1.165, 1.54) is 0 Å². The Morgan fingerprint density at radius 1 is 1.00 bits per heavy atom. The maximum Gasteiger partial charge on any atom is 0.500 e. The van der Waals surface area contributed by atoms with Crippen LogP contribution in [0.5, 0.6) is 0 Å². The average molecular weight is 539 g/mol. The summed E-state index contributed by atoms with van der Waals surface area (Å²) >= 11 is -3.17. The van der Waals surface area contributed by atoms with Crippen molar-refractivity contribution in [3.8, 4) is 0 Å². The van der Waals surface area contributed by atoms with E-state index in [9.17, 15) is 3.32 Å². The third-order valence-electron chi connectivity index (χ3n) is 4.24. The average Bonchev–Trinajstić information content (AvgIpc) is 3.64. The summed E-state index contributed by atoms with van der Waals surface area (Å²) < 4.78 is 63.7. The van der Waals surface area contributed by atoms with E-state index in [2.05, 4.69) is 9.90 Å². The van der Waals surface area contributed by atoms with E-state index in [-0.39, 0.29) is 0 Å². The van der Waals surface area contributed by atoms with Crippen LogP contribution in [0.4, 0.5) is 0 Å². The van der Waals surface area contributed by atoms with Crippen molar-refractivity contribution in [2.45, 2.75) is 38.3 Å². The number of epoxide rings is 1. The van der Waals surface area contributed by atoms with Crippen LogP contribution < -0.4 is 0 Å². The summed E-state index contributed by atoms with van der Waals surface area (Å²) in [4.78, 5) is 0. The van der Waals surface area contributed by atoms with E-state index >= 15 is 0 Å². The van der Waals surface area contributed by atoms with E-state index in [0.717, 1.165) is 31.9 Å². The molecule has 1 saturated heterocycles. The predicted octanol–water partition coefficient (Wildman–Crippen LogP) is 1.85. The first kappa shape index (κ1) is 34.5. The summed E-state index contributed by atoms with van der Waals surface area (Å²) in [6, 6.07) is 0.780. The van der Waals surface area contributed by atoms with Gasteiger partial charge in [0, 0.05) is 55.3 Å². The fraction of sp³-hybridized carbons (Fsp3) is 0.889. The fourth-order valence-electron chi connectivity index (χ4n) is 2.13. The quantitative estimate of drug-likeness (QED) is 0.166. The number of unbranched alkanes of at least 4 members (excludes halogenated alkanes) is 1. The van der Waals surface area contributed by atoms with Crippen molar-refractivity contribution in [3.63, 3.8) is 0 Å². The van der Waals surface area contributed by atoms with Gasteiger partial charge in [0.1, 0.15) is 6.10 Å². The van der Waals surface area contributed by atoms with Crippen molar-refractivity contribution in [2.75, 3.05) is 69.1 Å². The summed E-state index contributed by atoms with van der Waals surface area (Å²) in [5.41, 5.74) is 1.58. The smallest absolute Gasteiger partial charge is 0.379 e. The van der Waals surface area contributed by atoms with Crippen LogP contribution >= 0.6 is 0 Å². The van der Waals surface area contributed by atoms with Gasteiger partial charge in [-0.25, -0.2) is 0 Å². The summed E-state index contributed by atoms with van der Waals surface area (Å²) in [5, 5.41) is 0. The first-order valence-corrected chi connectivity index (χ1v) is 16.0. The molecule has 0 aromatic heterocycles. The number of rotatable bonds is 17. The Bertz CT molecular complexity index is 446. The monoisotopic (exact) mass is 538 g/mol. The van der Waals surface area contributed by atoms with E-state index in [4.69, 9.17) is 39.7 Å². The molecule has 1 N–H and O–H groups in total. The Balaban J connectivity index is 0. The zero-order valence-electron chi connectivity index (χ0n) is 20.5. The van der Waals surface area contributed by atoms with Crippen LogP contribution in [0.25, 0.3) is 0 Å². The van der Waals surface area contributed by atoms with Crippen molar-refractivity contribution in [1.82, 2.24) is 0 Å². The van der Waals surface area contributed by atoms with Gasteiger partial charge in [-0.15, -0.1) is 0 Å².